The van der Waals surface area contributed by atoms with Crippen LogP contribution in [0.5, 0.6) is 0 Å². The molecule has 3 rings (SSSR count). The van der Waals surface area contributed by atoms with Gasteiger partial charge in [-0.25, -0.2) is 4.68 Å². The largest absolute Gasteiger partial charge is 0.368 e. The zero-order chi connectivity index (χ0) is 17.8. The molecule has 3 aromatic rings. The van der Waals surface area contributed by atoms with Crippen LogP contribution in [0.25, 0.3) is 16.9 Å². The molecule has 25 heavy (non-hydrogen) atoms. The van der Waals surface area contributed by atoms with E-state index in [9.17, 15) is 9.90 Å². The summed E-state index contributed by atoms with van der Waals surface area (Å²) in [7, 11) is 0. The lowest BCUT2D eigenvalue weighted by Gasteiger charge is -2.09. The van der Waals surface area contributed by atoms with Crippen molar-refractivity contribution in [3.05, 3.63) is 71.4 Å². The SMILES string of the molecule is CCC(=O)NC(O)c1cc(-c2ccc(Cl)cc2)n(-c2ccccc2)n1. The predicted octanol–water partition coefficient (Wildman–Crippen LogP) is 3.71. The molecule has 1 unspecified atom stereocenters. The fraction of sp³-hybridized carbons (Fsp3) is 0.158. The Morgan fingerprint density at radius 3 is 2.52 bits per heavy atom. The number of amides is 1. The van der Waals surface area contributed by atoms with Crippen molar-refractivity contribution >= 4 is 17.5 Å². The van der Waals surface area contributed by atoms with Gasteiger partial charge in [-0.15, -0.1) is 0 Å². The van der Waals surface area contributed by atoms with Gasteiger partial charge in [-0.1, -0.05) is 48.9 Å². The van der Waals surface area contributed by atoms with E-state index in [1.54, 1.807) is 29.8 Å². The average molecular weight is 356 g/mol. The van der Waals surface area contributed by atoms with E-state index in [0.29, 0.717) is 17.1 Å². The Labute approximate surface area is 150 Å². The van der Waals surface area contributed by atoms with Crippen molar-refractivity contribution in [1.29, 1.82) is 0 Å². The molecular formula is C19H18ClN3O2. The molecular weight excluding hydrogens is 338 g/mol. The Balaban J connectivity index is 2.05. The molecule has 6 heteroatoms. The molecule has 2 aromatic carbocycles. The average Bonchev–Trinajstić information content (AvgIpc) is 3.08. The van der Waals surface area contributed by atoms with Gasteiger partial charge in [0.15, 0.2) is 6.23 Å². The number of rotatable bonds is 5. The van der Waals surface area contributed by atoms with E-state index in [4.69, 9.17) is 11.6 Å². The number of halogens is 1. The standard InChI is InChI=1S/C19H18ClN3O2/c1-2-18(24)21-19(25)16-12-17(13-8-10-14(20)11-9-13)23(22-16)15-6-4-3-5-7-15/h3-12,19,25H,2H2,1H3,(H,21,24). The lowest BCUT2D eigenvalue weighted by Crippen LogP contribution is -2.27. The van der Waals surface area contributed by atoms with Gasteiger partial charge in [-0.05, 0) is 30.3 Å². The summed E-state index contributed by atoms with van der Waals surface area (Å²) in [5, 5.41) is 17.9. The maximum absolute atomic E-state index is 11.5. The third-order valence-electron chi connectivity index (χ3n) is 3.77. The van der Waals surface area contributed by atoms with Crippen LogP contribution in [-0.2, 0) is 4.79 Å². The number of aliphatic hydroxyl groups excluding tert-OH is 1. The molecule has 0 saturated heterocycles. The number of carbonyl (C=O) groups excluding carboxylic acids is 1. The maximum Gasteiger partial charge on any atom is 0.221 e. The van der Waals surface area contributed by atoms with Gasteiger partial charge in [-0.2, -0.15) is 5.10 Å². The second kappa shape index (κ2) is 7.51. The van der Waals surface area contributed by atoms with Crippen LogP contribution < -0.4 is 5.32 Å². The molecule has 5 nitrogen and oxygen atoms in total. The highest BCUT2D eigenvalue weighted by Crippen LogP contribution is 2.27. The first-order valence-electron chi connectivity index (χ1n) is 7.97. The fourth-order valence-corrected chi connectivity index (χ4v) is 2.58. The van der Waals surface area contributed by atoms with Crippen molar-refractivity contribution in [3.8, 4) is 16.9 Å². The number of aromatic nitrogens is 2. The molecule has 0 aliphatic heterocycles. The summed E-state index contributed by atoms with van der Waals surface area (Å²) in [5.74, 6) is -0.241. The summed E-state index contributed by atoms with van der Waals surface area (Å²) in [6.07, 6.45) is -0.871. The van der Waals surface area contributed by atoms with Gasteiger partial charge >= 0.3 is 0 Å². The minimum Gasteiger partial charge on any atom is -0.368 e. The van der Waals surface area contributed by atoms with Crippen LogP contribution in [0, 0.1) is 0 Å². The topological polar surface area (TPSA) is 67.2 Å². The van der Waals surface area contributed by atoms with Gasteiger partial charge in [0.25, 0.3) is 0 Å². The zero-order valence-corrected chi connectivity index (χ0v) is 14.4. The highest BCUT2D eigenvalue weighted by molar-refractivity contribution is 6.30. The molecule has 0 aliphatic rings. The van der Waals surface area contributed by atoms with Crippen molar-refractivity contribution in [2.45, 2.75) is 19.6 Å². The minimum absolute atomic E-state index is 0.241. The molecule has 0 bridgehead atoms. The lowest BCUT2D eigenvalue weighted by atomic mass is 10.1. The highest BCUT2D eigenvalue weighted by atomic mass is 35.5. The summed E-state index contributed by atoms with van der Waals surface area (Å²) in [4.78, 5) is 11.5. The summed E-state index contributed by atoms with van der Waals surface area (Å²) < 4.78 is 1.74. The molecule has 2 N–H and O–H groups in total. The summed E-state index contributed by atoms with van der Waals surface area (Å²) >= 11 is 5.97. The molecule has 0 spiro atoms. The number of nitrogens with one attached hydrogen (secondary N) is 1. The number of para-hydroxylation sites is 1. The van der Waals surface area contributed by atoms with Crippen LogP contribution in [-0.4, -0.2) is 20.8 Å². The van der Waals surface area contributed by atoms with Crippen molar-refractivity contribution in [3.63, 3.8) is 0 Å². The number of hydrogen-bond acceptors (Lipinski definition) is 3. The van der Waals surface area contributed by atoms with Crippen LogP contribution >= 0.6 is 11.6 Å². The number of carbonyl (C=O) groups is 1. The molecule has 1 aromatic heterocycles. The van der Waals surface area contributed by atoms with Gasteiger partial charge in [0.1, 0.15) is 5.69 Å². The Hall–Kier alpha value is -2.63. The van der Waals surface area contributed by atoms with E-state index < -0.39 is 6.23 Å². The smallest absolute Gasteiger partial charge is 0.221 e. The van der Waals surface area contributed by atoms with Gasteiger partial charge in [0.05, 0.1) is 11.4 Å². The van der Waals surface area contributed by atoms with Gasteiger partial charge < -0.3 is 10.4 Å². The summed E-state index contributed by atoms with van der Waals surface area (Å²) in [6, 6.07) is 18.7. The van der Waals surface area contributed by atoms with Crippen LogP contribution in [0.2, 0.25) is 5.02 Å². The van der Waals surface area contributed by atoms with E-state index in [-0.39, 0.29) is 5.91 Å². The third kappa shape index (κ3) is 3.90. The van der Waals surface area contributed by atoms with Crippen molar-refractivity contribution in [2.75, 3.05) is 0 Å². The summed E-state index contributed by atoms with van der Waals surface area (Å²) in [5.41, 5.74) is 2.92. The molecule has 1 heterocycles. The second-order valence-corrected chi connectivity index (χ2v) is 5.97. The first-order chi connectivity index (χ1) is 12.1. The van der Waals surface area contributed by atoms with Crippen LogP contribution in [0.3, 0.4) is 0 Å². The Morgan fingerprint density at radius 1 is 1.20 bits per heavy atom. The van der Waals surface area contributed by atoms with Crippen LogP contribution in [0.1, 0.15) is 25.3 Å². The minimum atomic E-state index is -1.16. The fourth-order valence-electron chi connectivity index (χ4n) is 2.45. The predicted molar refractivity (Wildman–Crippen MR) is 97.4 cm³/mol. The number of benzene rings is 2. The number of hydrogen-bond donors (Lipinski definition) is 2. The summed E-state index contributed by atoms with van der Waals surface area (Å²) in [6.45, 7) is 1.73. The van der Waals surface area contributed by atoms with Crippen LogP contribution in [0.15, 0.2) is 60.7 Å². The van der Waals surface area contributed by atoms with E-state index in [0.717, 1.165) is 16.9 Å². The van der Waals surface area contributed by atoms with E-state index >= 15 is 0 Å². The molecule has 1 atom stereocenters. The number of aliphatic hydroxyl groups is 1. The van der Waals surface area contributed by atoms with E-state index in [1.165, 1.54) is 0 Å². The maximum atomic E-state index is 11.5. The molecule has 0 aliphatic carbocycles. The molecule has 0 fully saturated rings. The molecule has 0 radical (unpaired) electrons. The molecule has 0 saturated carbocycles. The van der Waals surface area contributed by atoms with Gasteiger partial charge in [0, 0.05) is 17.0 Å². The van der Waals surface area contributed by atoms with E-state index in [2.05, 4.69) is 10.4 Å². The molecule has 128 valence electrons. The third-order valence-corrected chi connectivity index (χ3v) is 4.02. The Kier molecular flexibility index (Phi) is 5.16. The second-order valence-electron chi connectivity index (χ2n) is 5.53. The first kappa shape index (κ1) is 17.2. The normalized spacial score (nSPS) is 12.0. The van der Waals surface area contributed by atoms with E-state index in [1.807, 2.05) is 42.5 Å². The lowest BCUT2D eigenvalue weighted by molar-refractivity contribution is -0.123. The van der Waals surface area contributed by atoms with Gasteiger partial charge in [-0.3, -0.25) is 4.79 Å². The van der Waals surface area contributed by atoms with Gasteiger partial charge in [0.2, 0.25) is 5.91 Å². The quantitative estimate of drug-likeness (QED) is 0.685. The van der Waals surface area contributed by atoms with Crippen molar-refractivity contribution < 1.29 is 9.90 Å². The monoisotopic (exact) mass is 355 g/mol. The highest BCUT2D eigenvalue weighted by Gasteiger charge is 2.18. The Bertz CT molecular complexity index is 860. The van der Waals surface area contributed by atoms with Crippen LogP contribution in [0.4, 0.5) is 0 Å². The number of nitrogens with zero attached hydrogens (tertiary/aromatic N) is 2. The Morgan fingerprint density at radius 2 is 1.88 bits per heavy atom. The van der Waals surface area contributed by atoms with Crippen molar-refractivity contribution in [1.82, 2.24) is 15.1 Å². The first-order valence-corrected chi connectivity index (χ1v) is 8.35. The molecule has 1 amide bonds. The van der Waals surface area contributed by atoms with Crippen molar-refractivity contribution in [2.24, 2.45) is 0 Å². The zero-order valence-electron chi connectivity index (χ0n) is 13.7.